The van der Waals surface area contributed by atoms with Gasteiger partial charge >= 0.3 is 5.97 Å². The number of rotatable bonds is 2. The van der Waals surface area contributed by atoms with Gasteiger partial charge in [-0.3, -0.25) is 4.79 Å². The van der Waals surface area contributed by atoms with E-state index in [1.54, 1.807) is 0 Å². The maximum Gasteiger partial charge on any atom is 0.303 e. The Bertz CT molecular complexity index is 86.1. The van der Waals surface area contributed by atoms with Crippen molar-refractivity contribution in [2.24, 2.45) is 0 Å². The number of carbonyl (C=O) groups is 1. The van der Waals surface area contributed by atoms with Gasteiger partial charge in [0.25, 0.3) is 0 Å². The minimum atomic E-state index is -0.464. The van der Waals surface area contributed by atoms with Crippen molar-refractivity contribution >= 4 is 30.2 Å². The zero-order valence-electron chi connectivity index (χ0n) is 4.43. The summed E-state index contributed by atoms with van der Waals surface area (Å²) in [7, 11) is 0. The summed E-state index contributed by atoms with van der Waals surface area (Å²) in [6, 6.07) is 0. The largest absolute Gasteiger partial charge is 0.450 e. The summed E-state index contributed by atoms with van der Waals surface area (Å²) in [6.07, 6.45) is 0. The van der Waals surface area contributed by atoms with Crippen molar-refractivity contribution in [3.63, 3.8) is 0 Å². The van der Waals surface area contributed by atoms with Crippen LogP contribution in [0.2, 0.25) is 0 Å². The maximum atomic E-state index is 10.1. The van der Waals surface area contributed by atoms with E-state index in [1.165, 1.54) is 6.92 Å². The van der Waals surface area contributed by atoms with Crippen LogP contribution in [0.1, 0.15) is 6.92 Å². The van der Waals surface area contributed by atoms with Crippen LogP contribution in [0.4, 0.5) is 0 Å². The molecule has 0 aliphatic rings. The topological polar surface area (TPSA) is 26.3 Å². The molecule has 0 spiro atoms. The Hall–Kier alpha value is 0.110. The molecule has 1 atom stereocenters. The molecule has 0 aromatic carbocycles. The number of hydrogen-bond acceptors (Lipinski definition) is 3. The van der Waals surface area contributed by atoms with Crippen LogP contribution in [0.5, 0.6) is 0 Å². The molecule has 0 aromatic heterocycles. The molecule has 48 valence electrons. The predicted octanol–water partition coefficient (Wildman–Crippen LogP) is 1.04. The minimum Gasteiger partial charge on any atom is -0.450 e. The third kappa shape index (κ3) is 4.27. The first-order valence-electron chi connectivity index (χ1n) is 2.08. The smallest absolute Gasteiger partial charge is 0.303 e. The van der Waals surface area contributed by atoms with E-state index >= 15 is 0 Å². The summed E-state index contributed by atoms with van der Waals surface area (Å²) < 4.78 is 4.49. The molecule has 0 heterocycles. The summed E-state index contributed by atoms with van der Waals surface area (Å²) in [4.78, 5) is 10.1. The molecular formula is C4H7ClO2S. The lowest BCUT2D eigenvalue weighted by atomic mass is 10.8. The third-order valence-corrected chi connectivity index (χ3v) is 1.22. The van der Waals surface area contributed by atoms with Crippen molar-refractivity contribution in [3.8, 4) is 0 Å². The Balaban J connectivity index is 3.24. The summed E-state index contributed by atoms with van der Waals surface area (Å²) >= 11 is 9.04. The lowest BCUT2D eigenvalue weighted by Gasteiger charge is -2.04. The SMILES string of the molecule is CC(=O)OC(S)CCl. The zero-order valence-corrected chi connectivity index (χ0v) is 6.08. The Labute approximate surface area is 58.6 Å². The minimum absolute atomic E-state index is 0.225. The second kappa shape index (κ2) is 4.04. The molecule has 0 radical (unpaired) electrons. The van der Waals surface area contributed by atoms with Crippen LogP contribution in [-0.4, -0.2) is 17.3 Å². The number of thiol groups is 1. The molecule has 0 bridgehead atoms. The van der Waals surface area contributed by atoms with Gasteiger partial charge in [-0.15, -0.1) is 24.2 Å². The Morgan fingerprint density at radius 1 is 2.00 bits per heavy atom. The van der Waals surface area contributed by atoms with E-state index in [1.807, 2.05) is 0 Å². The number of hydrogen-bond donors (Lipinski definition) is 1. The number of alkyl halides is 1. The van der Waals surface area contributed by atoms with Crippen molar-refractivity contribution < 1.29 is 9.53 Å². The quantitative estimate of drug-likeness (QED) is 0.279. The number of esters is 1. The standard InChI is InChI=1S/C4H7ClO2S/c1-3(6)7-4(8)2-5/h4,8H,2H2,1H3. The molecule has 0 aliphatic carbocycles. The number of carbonyl (C=O) groups excluding carboxylic acids is 1. The summed E-state index contributed by atoms with van der Waals surface area (Å²) in [5, 5.41) is 0. The molecule has 0 N–H and O–H groups in total. The molecular weight excluding hydrogens is 148 g/mol. The summed E-state index contributed by atoms with van der Waals surface area (Å²) in [6.45, 7) is 1.32. The second-order valence-corrected chi connectivity index (χ2v) is 2.10. The van der Waals surface area contributed by atoms with Gasteiger partial charge in [0, 0.05) is 6.92 Å². The van der Waals surface area contributed by atoms with E-state index in [-0.39, 0.29) is 11.8 Å². The first-order valence-corrected chi connectivity index (χ1v) is 3.13. The average Bonchev–Trinajstić information content (AvgIpc) is 1.65. The van der Waals surface area contributed by atoms with Gasteiger partial charge in [0.2, 0.25) is 0 Å². The van der Waals surface area contributed by atoms with Gasteiger partial charge in [0.1, 0.15) is 0 Å². The fraction of sp³-hybridized carbons (Fsp3) is 0.750. The highest BCUT2D eigenvalue weighted by atomic mass is 35.5. The molecule has 0 rings (SSSR count). The van der Waals surface area contributed by atoms with E-state index in [2.05, 4.69) is 17.4 Å². The highest BCUT2D eigenvalue weighted by molar-refractivity contribution is 7.80. The summed E-state index contributed by atoms with van der Waals surface area (Å²) in [5.74, 6) is -0.131. The van der Waals surface area contributed by atoms with Gasteiger partial charge in [0.05, 0.1) is 5.88 Å². The molecule has 0 saturated heterocycles. The van der Waals surface area contributed by atoms with E-state index < -0.39 is 5.44 Å². The predicted molar refractivity (Wildman–Crippen MR) is 35.3 cm³/mol. The molecule has 0 aliphatic heterocycles. The van der Waals surface area contributed by atoms with E-state index in [9.17, 15) is 4.79 Å². The van der Waals surface area contributed by atoms with E-state index in [0.717, 1.165) is 0 Å². The van der Waals surface area contributed by atoms with Crippen molar-refractivity contribution in [1.82, 2.24) is 0 Å². The van der Waals surface area contributed by atoms with Crippen LogP contribution >= 0.6 is 24.2 Å². The Morgan fingerprint density at radius 2 is 2.50 bits per heavy atom. The maximum absolute atomic E-state index is 10.1. The van der Waals surface area contributed by atoms with Crippen LogP contribution in [0.25, 0.3) is 0 Å². The fourth-order valence-electron chi connectivity index (χ4n) is 0.223. The van der Waals surface area contributed by atoms with Crippen LogP contribution in [-0.2, 0) is 9.53 Å². The highest BCUT2D eigenvalue weighted by Crippen LogP contribution is 1.99. The number of ether oxygens (including phenoxy) is 1. The van der Waals surface area contributed by atoms with Gasteiger partial charge in [-0.2, -0.15) is 0 Å². The van der Waals surface area contributed by atoms with Crippen LogP contribution in [0.3, 0.4) is 0 Å². The fourth-order valence-corrected chi connectivity index (χ4v) is 0.435. The van der Waals surface area contributed by atoms with Gasteiger partial charge in [-0.1, -0.05) is 0 Å². The van der Waals surface area contributed by atoms with E-state index in [0.29, 0.717) is 0 Å². The van der Waals surface area contributed by atoms with Gasteiger partial charge in [-0.05, 0) is 0 Å². The number of halogens is 1. The van der Waals surface area contributed by atoms with Crippen molar-refractivity contribution in [3.05, 3.63) is 0 Å². The molecule has 0 aromatic rings. The molecule has 0 amide bonds. The molecule has 0 fully saturated rings. The van der Waals surface area contributed by atoms with Crippen LogP contribution in [0, 0.1) is 0 Å². The summed E-state index contributed by atoms with van der Waals surface area (Å²) in [5.41, 5.74) is -0.464. The van der Waals surface area contributed by atoms with Crippen molar-refractivity contribution in [2.75, 3.05) is 5.88 Å². The molecule has 2 nitrogen and oxygen atoms in total. The average molecular weight is 155 g/mol. The van der Waals surface area contributed by atoms with Crippen molar-refractivity contribution in [1.29, 1.82) is 0 Å². The molecule has 1 unspecified atom stereocenters. The second-order valence-electron chi connectivity index (χ2n) is 1.22. The van der Waals surface area contributed by atoms with Gasteiger partial charge in [-0.25, -0.2) is 0 Å². The monoisotopic (exact) mass is 154 g/mol. The highest BCUT2D eigenvalue weighted by Gasteiger charge is 2.01. The van der Waals surface area contributed by atoms with Crippen molar-refractivity contribution in [2.45, 2.75) is 12.4 Å². The lowest BCUT2D eigenvalue weighted by molar-refractivity contribution is -0.141. The third-order valence-electron chi connectivity index (χ3n) is 0.434. The first-order chi connectivity index (χ1) is 3.66. The normalized spacial score (nSPS) is 12.9. The van der Waals surface area contributed by atoms with E-state index in [4.69, 9.17) is 11.6 Å². The molecule has 0 saturated carbocycles. The zero-order chi connectivity index (χ0) is 6.57. The van der Waals surface area contributed by atoms with Gasteiger partial charge < -0.3 is 4.74 Å². The Kier molecular flexibility index (Phi) is 4.09. The van der Waals surface area contributed by atoms with Crippen LogP contribution in [0.15, 0.2) is 0 Å². The lowest BCUT2D eigenvalue weighted by Crippen LogP contribution is -2.10. The Morgan fingerprint density at radius 3 is 2.62 bits per heavy atom. The first kappa shape index (κ1) is 8.11. The van der Waals surface area contributed by atoms with Crippen LogP contribution < -0.4 is 0 Å². The van der Waals surface area contributed by atoms with Gasteiger partial charge in [0.15, 0.2) is 5.44 Å². The molecule has 8 heavy (non-hydrogen) atoms. The molecule has 4 heteroatoms.